The minimum Gasteiger partial charge on any atom is -0.465 e. The molecular weight excluding hydrogens is 306 g/mol. The first-order valence-corrected chi connectivity index (χ1v) is 7.96. The number of hydrogen-bond donors (Lipinski definition) is 0. The summed E-state index contributed by atoms with van der Waals surface area (Å²) in [4.78, 5) is 27.5. The number of anilines is 1. The molecule has 1 saturated heterocycles. The van der Waals surface area contributed by atoms with Crippen molar-refractivity contribution in [2.24, 2.45) is 0 Å². The highest BCUT2D eigenvalue weighted by molar-refractivity contribution is 5.91. The largest absolute Gasteiger partial charge is 0.465 e. The van der Waals surface area contributed by atoms with Crippen LogP contribution < -0.4 is 4.90 Å². The summed E-state index contributed by atoms with van der Waals surface area (Å²) in [6.45, 7) is 4.56. The highest BCUT2D eigenvalue weighted by Gasteiger charge is 2.22. The number of carbonyl (C=O) groups excluding carboxylic acids is 2. The predicted octanol–water partition coefficient (Wildman–Crippen LogP) is 1.93. The van der Waals surface area contributed by atoms with Crippen LogP contribution in [0.4, 0.5) is 5.69 Å². The minimum absolute atomic E-state index is 0.112. The summed E-state index contributed by atoms with van der Waals surface area (Å²) in [6, 6.07) is 9.47. The van der Waals surface area contributed by atoms with E-state index in [1.165, 1.54) is 7.11 Å². The molecule has 2 heterocycles. The summed E-state index contributed by atoms with van der Waals surface area (Å²) in [6.07, 6.45) is 3.90. The second-order valence-electron chi connectivity index (χ2n) is 5.78. The average molecular weight is 327 g/mol. The molecule has 0 aliphatic carbocycles. The Hall–Kier alpha value is -2.76. The molecule has 0 radical (unpaired) electrons. The number of carbonyl (C=O) groups is 2. The van der Waals surface area contributed by atoms with E-state index in [4.69, 9.17) is 4.74 Å². The number of ether oxygens (including phenoxy) is 1. The highest BCUT2D eigenvalue weighted by atomic mass is 16.5. The van der Waals surface area contributed by atoms with Crippen molar-refractivity contribution in [1.82, 2.24) is 9.47 Å². The van der Waals surface area contributed by atoms with E-state index < -0.39 is 0 Å². The first-order valence-electron chi connectivity index (χ1n) is 7.96. The molecule has 1 aliphatic rings. The normalized spacial score (nSPS) is 14.6. The number of piperazine rings is 1. The number of hydrogen-bond acceptors (Lipinski definition) is 4. The zero-order valence-corrected chi connectivity index (χ0v) is 13.9. The summed E-state index contributed by atoms with van der Waals surface area (Å²) >= 11 is 0. The van der Waals surface area contributed by atoms with Gasteiger partial charge in [-0.05, 0) is 30.3 Å². The van der Waals surface area contributed by atoms with Gasteiger partial charge in [-0.2, -0.15) is 0 Å². The van der Waals surface area contributed by atoms with Crippen LogP contribution in [0.2, 0.25) is 0 Å². The highest BCUT2D eigenvalue weighted by Crippen LogP contribution is 2.27. The van der Waals surface area contributed by atoms with Crippen LogP contribution in [0.1, 0.15) is 17.3 Å². The SMILES string of the molecule is COC(=O)c1ccc(N2CCN(C(C)=O)CC2)c(-n2cccc2)c1. The summed E-state index contributed by atoms with van der Waals surface area (Å²) in [7, 11) is 1.38. The van der Waals surface area contributed by atoms with Gasteiger partial charge in [-0.25, -0.2) is 4.79 Å². The Labute approximate surface area is 141 Å². The molecule has 6 nitrogen and oxygen atoms in total. The van der Waals surface area contributed by atoms with Crippen LogP contribution in [0.25, 0.3) is 5.69 Å². The van der Waals surface area contributed by atoms with Crippen molar-refractivity contribution in [2.75, 3.05) is 38.2 Å². The summed E-state index contributed by atoms with van der Waals surface area (Å²) < 4.78 is 6.81. The lowest BCUT2D eigenvalue weighted by atomic mass is 10.1. The van der Waals surface area contributed by atoms with Crippen LogP contribution in [-0.4, -0.2) is 54.6 Å². The fourth-order valence-corrected chi connectivity index (χ4v) is 3.00. The Morgan fingerprint density at radius 3 is 2.25 bits per heavy atom. The molecule has 1 amide bonds. The molecule has 0 bridgehead atoms. The van der Waals surface area contributed by atoms with Gasteiger partial charge in [-0.15, -0.1) is 0 Å². The Bertz CT molecular complexity index is 732. The van der Waals surface area contributed by atoms with Gasteiger partial charge in [0.05, 0.1) is 24.0 Å². The number of esters is 1. The third-order valence-corrected chi connectivity index (χ3v) is 4.34. The van der Waals surface area contributed by atoms with Crippen molar-refractivity contribution >= 4 is 17.6 Å². The quantitative estimate of drug-likeness (QED) is 0.809. The van der Waals surface area contributed by atoms with Crippen LogP contribution in [-0.2, 0) is 9.53 Å². The summed E-state index contributed by atoms with van der Waals surface area (Å²) in [5, 5.41) is 0. The van der Waals surface area contributed by atoms with Gasteiger partial charge in [0.1, 0.15) is 0 Å². The zero-order chi connectivity index (χ0) is 17.1. The number of nitrogens with zero attached hydrogens (tertiary/aromatic N) is 3. The number of amides is 1. The Kier molecular flexibility index (Phi) is 4.55. The molecule has 1 aromatic carbocycles. The molecule has 24 heavy (non-hydrogen) atoms. The number of methoxy groups -OCH3 is 1. The summed E-state index contributed by atoms with van der Waals surface area (Å²) in [5.74, 6) is -0.238. The Morgan fingerprint density at radius 2 is 1.67 bits per heavy atom. The molecule has 0 spiro atoms. The molecule has 1 aromatic heterocycles. The number of benzene rings is 1. The minimum atomic E-state index is -0.351. The van der Waals surface area contributed by atoms with E-state index in [2.05, 4.69) is 4.90 Å². The second kappa shape index (κ2) is 6.78. The molecule has 0 saturated carbocycles. The fraction of sp³-hybridized carbons (Fsp3) is 0.333. The van der Waals surface area contributed by atoms with Gasteiger partial charge in [0.25, 0.3) is 0 Å². The van der Waals surface area contributed by atoms with Crippen molar-refractivity contribution < 1.29 is 14.3 Å². The van der Waals surface area contributed by atoms with E-state index in [0.717, 1.165) is 24.5 Å². The van der Waals surface area contributed by atoms with Crippen molar-refractivity contribution in [1.29, 1.82) is 0 Å². The maximum atomic E-state index is 11.9. The monoisotopic (exact) mass is 327 g/mol. The van der Waals surface area contributed by atoms with Crippen LogP contribution >= 0.6 is 0 Å². The van der Waals surface area contributed by atoms with E-state index in [-0.39, 0.29) is 11.9 Å². The van der Waals surface area contributed by atoms with E-state index in [1.54, 1.807) is 13.0 Å². The maximum Gasteiger partial charge on any atom is 0.337 e. The van der Waals surface area contributed by atoms with E-state index >= 15 is 0 Å². The van der Waals surface area contributed by atoms with Crippen LogP contribution in [0.15, 0.2) is 42.7 Å². The molecule has 0 unspecified atom stereocenters. The average Bonchev–Trinajstić information content (AvgIpc) is 3.15. The summed E-state index contributed by atoms with van der Waals surface area (Å²) in [5.41, 5.74) is 2.49. The van der Waals surface area contributed by atoms with Gasteiger partial charge < -0.3 is 19.1 Å². The third-order valence-electron chi connectivity index (χ3n) is 4.34. The van der Waals surface area contributed by atoms with Crippen molar-refractivity contribution in [2.45, 2.75) is 6.92 Å². The van der Waals surface area contributed by atoms with Crippen molar-refractivity contribution in [3.8, 4) is 5.69 Å². The lowest BCUT2D eigenvalue weighted by Crippen LogP contribution is -2.48. The Morgan fingerprint density at radius 1 is 1.00 bits per heavy atom. The third kappa shape index (κ3) is 3.13. The standard InChI is InChI=1S/C18H21N3O3/c1-14(22)19-9-11-21(12-10-19)16-6-5-15(18(23)24-2)13-17(16)20-7-3-4-8-20/h3-8,13H,9-12H2,1-2H3. The second-order valence-corrected chi connectivity index (χ2v) is 5.78. The number of rotatable bonds is 3. The van der Waals surface area contributed by atoms with E-state index in [1.807, 2.05) is 46.1 Å². The zero-order valence-electron chi connectivity index (χ0n) is 13.9. The predicted molar refractivity (Wildman–Crippen MR) is 91.6 cm³/mol. The van der Waals surface area contributed by atoms with Gasteiger partial charge in [0.2, 0.25) is 5.91 Å². The topological polar surface area (TPSA) is 54.8 Å². The van der Waals surface area contributed by atoms with Gasteiger partial charge in [-0.3, -0.25) is 4.79 Å². The van der Waals surface area contributed by atoms with Crippen LogP contribution in [0.3, 0.4) is 0 Å². The molecule has 0 N–H and O–H groups in total. The van der Waals surface area contributed by atoms with Gasteiger partial charge in [-0.1, -0.05) is 0 Å². The van der Waals surface area contributed by atoms with Crippen LogP contribution in [0.5, 0.6) is 0 Å². The molecule has 0 atom stereocenters. The molecule has 3 rings (SSSR count). The van der Waals surface area contributed by atoms with E-state index in [9.17, 15) is 9.59 Å². The van der Waals surface area contributed by atoms with Gasteiger partial charge in [0, 0.05) is 45.5 Å². The molecule has 2 aromatic rings. The van der Waals surface area contributed by atoms with Gasteiger partial charge in [0.15, 0.2) is 0 Å². The Balaban J connectivity index is 1.93. The maximum absolute atomic E-state index is 11.9. The molecule has 6 heteroatoms. The lowest BCUT2D eigenvalue weighted by molar-refractivity contribution is -0.129. The van der Waals surface area contributed by atoms with Crippen molar-refractivity contribution in [3.05, 3.63) is 48.3 Å². The first-order chi connectivity index (χ1) is 11.6. The molecule has 126 valence electrons. The first kappa shape index (κ1) is 16.1. The lowest BCUT2D eigenvalue weighted by Gasteiger charge is -2.36. The molecule has 1 fully saturated rings. The van der Waals surface area contributed by atoms with E-state index in [0.29, 0.717) is 18.7 Å². The fourth-order valence-electron chi connectivity index (χ4n) is 3.00. The van der Waals surface area contributed by atoms with Gasteiger partial charge >= 0.3 is 5.97 Å². The molecular formula is C18H21N3O3. The number of aromatic nitrogens is 1. The smallest absolute Gasteiger partial charge is 0.337 e. The van der Waals surface area contributed by atoms with Crippen LogP contribution in [0, 0.1) is 0 Å². The molecule has 1 aliphatic heterocycles. The van der Waals surface area contributed by atoms with Crippen molar-refractivity contribution in [3.63, 3.8) is 0 Å².